The fourth-order valence-electron chi connectivity index (χ4n) is 2.25. The summed E-state index contributed by atoms with van der Waals surface area (Å²) >= 11 is 0. The molecule has 21 heavy (non-hydrogen) atoms. The molecular formula is C17H20O3S. The van der Waals surface area contributed by atoms with Gasteiger partial charge in [-0.2, -0.15) is 8.42 Å². The third-order valence-electron chi connectivity index (χ3n) is 3.34. The maximum atomic E-state index is 12.4. The lowest BCUT2D eigenvalue weighted by Gasteiger charge is -2.12. The first-order valence-electron chi connectivity index (χ1n) is 7.03. The number of benzene rings is 2. The Bertz CT molecular complexity index is 733. The molecule has 0 fully saturated rings. The number of rotatable bonds is 5. The third-order valence-corrected chi connectivity index (χ3v) is 4.74. The zero-order chi connectivity index (χ0) is 15.5. The van der Waals surface area contributed by atoms with E-state index < -0.39 is 10.1 Å². The molecule has 0 radical (unpaired) electrons. The Labute approximate surface area is 126 Å². The highest BCUT2D eigenvalue weighted by molar-refractivity contribution is 7.87. The molecule has 0 aliphatic rings. The Morgan fingerprint density at radius 3 is 2.33 bits per heavy atom. The highest BCUT2D eigenvalue weighted by atomic mass is 32.2. The molecule has 0 amide bonds. The van der Waals surface area contributed by atoms with Crippen molar-refractivity contribution in [2.24, 2.45) is 0 Å². The number of aryl methyl sites for hydroxylation is 3. The zero-order valence-electron chi connectivity index (χ0n) is 12.6. The van der Waals surface area contributed by atoms with Crippen molar-refractivity contribution in [3.8, 4) is 5.75 Å². The van der Waals surface area contributed by atoms with E-state index in [1.807, 2.05) is 19.1 Å². The summed E-state index contributed by atoms with van der Waals surface area (Å²) in [6.07, 6.45) is 2.03. The predicted octanol–water partition coefficient (Wildman–Crippen LogP) is 4.02. The van der Waals surface area contributed by atoms with Crippen LogP contribution in [0.15, 0.2) is 47.4 Å². The Morgan fingerprint density at radius 2 is 1.71 bits per heavy atom. The Morgan fingerprint density at radius 1 is 1.00 bits per heavy atom. The van der Waals surface area contributed by atoms with Crippen LogP contribution in [0.3, 0.4) is 0 Å². The van der Waals surface area contributed by atoms with E-state index in [-0.39, 0.29) is 4.90 Å². The fraction of sp³-hybridized carbons (Fsp3) is 0.294. The summed E-state index contributed by atoms with van der Waals surface area (Å²) in [7, 11) is -3.79. The quantitative estimate of drug-likeness (QED) is 0.783. The molecule has 0 aromatic heterocycles. The largest absolute Gasteiger partial charge is 0.379 e. The lowest BCUT2D eigenvalue weighted by Crippen LogP contribution is -2.12. The second-order valence-electron chi connectivity index (χ2n) is 5.15. The van der Waals surface area contributed by atoms with E-state index in [0.29, 0.717) is 11.3 Å². The molecule has 0 N–H and O–H groups in total. The summed E-state index contributed by atoms with van der Waals surface area (Å²) < 4.78 is 30.0. The first kappa shape index (κ1) is 15.6. The standard InChI is InChI=1S/C17H20O3S/c1-4-7-15-10-11-16(14(3)12-15)20-21(18,19)17-9-6-5-8-13(17)2/h5-6,8-12H,4,7H2,1-3H3. The van der Waals surface area contributed by atoms with Crippen molar-refractivity contribution in [1.82, 2.24) is 0 Å². The minimum Gasteiger partial charge on any atom is -0.379 e. The van der Waals surface area contributed by atoms with E-state index in [4.69, 9.17) is 4.18 Å². The van der Waals surface area contributed by atoms with Crippen LogP contribution in [0.2, 0.25) is 0 Å². The zero-order valence-corrected chi connectivity index (χ0v) is 13.4. The van der Waals surface area contributed by atoms with Crippen LogP contribution in [-0.4, -0.2) is 8.42 Å². The lowest BCUT2D eigenvalue weighted by molar-refractivity contribution is 0.483. The molecule has 0 unspecified atom stereocenters. The van der Waals surface area contributed by atoms with Crippen molar-refractivity contribution in [1.29, 1.82) is 0 Å². The molecule has 2 aromatic carbocycles. The van der Waals surface area contributed by atoms with Crippen LogP contribution in [0.1, 0.15) is 30.0 Å². The predicted molar refractivity (Wildman–Crippen MR) is 84.2 cm³/mol. The van der Waals surface area contributed by atoms with Crippen molar-refractivity contribution in [3.05, 3.63) is 59.2 Å². The summed E-state index contributed by atoms with van der Waals surface area (Å²) in [6.45, 7) is 5.73. The van der Waals surface area contributed by atoms with Gasteiger partial charge in [0.05, 0.1) is 0 Å². The van der Waals surface area contributed by atoms with E-state index in [1.165, 1.54) is 5.56 Å². The van der Waals surface area contributed by atoms with Gasteiger partial charge in [0.25, 0.3) is 0 Å². The van der Waals surface area contributed by atoms with Crippen molar-refractivity contribution >= 4 is 10.1 Å². The molecule has 0 saturated carbocycles. The molecule has 0 saturated heterocycles. The monoisotopic (exact) mass is 304 g/mol. The van der Waals surface area contributed by atoms with Gasteiger partial charge in [-0.25, -0.2) is 0 Å². The topological polar surface area (TPSA) is 43.4 Å². The second kappa shape index (κ2) is 6.31. The van der Waals surface area contributed by atoms with Crippen LogP contribution in [0.5, 0.6) is 5.75 Å². The van der Waals surface area contributed by atoms with Gasteiger partial charge in [0.1, 0.15) is 10.6 Å². The highest BCUT2D eigenvalue weighted by Crippen LogP contribution is 2.25. The molecule has 0 atom stereocenters. The maximum Gasteiger partial charge on any atom is 0.339 e. The molecule has 0 spiro atoms. The Hall–Kier alpha value is -1.81. The molecule has 112 valence electrons. The molecule has 3 nitrogen and oxygen atoms in total. The summed E-state index contributed by atoms with van der Waals surface area (Å²) in [5, 5.41) is 0. The maximum absolute atomic E-state index is 12.4. The van der Waals surface area contributed by atoms with E-state index in [1.54, 1.807) is 37.3 Å². The Balaban J connectivity index is 2.31. The fourth-order valence-corrected chi connectivity index (χ4v) is 3.47. The first-order chi connectivity index (χ1) is 9.94. The second-order valence-corrected chi connectivity index (χ2v) is 6.67. The van der Waals surface area contributed by atoms with Gasteiger partial charge in [-0.15, -0.1) is 0 Å². The van der Waals surface area contributed by atoms with Crippen LogP contribution in [0.25, 0.3) is 0 Å². The van der Waals surface area contributed by atoms with Gasteiger partial charge in [-0.1, -0.05) is 43.7 Å². The van der Waals surface area contributed by atoms with Gasteiger partial charge >= 0.3 is 10.1 Å². The normalized spacial score (nSPS) is 11.4. The van der Waals surface area contributed by atoms with Gasteiger partial charge in [0.15, 0.2) is 0 Å². The average molecular weight is 304 g/mol. The molecule has 4 heteroatoms. The smallest absolute Gasteiger partial charge is 0.339 e. The van der Waals surface area contributed by atoms with Crippen molar-refractivity contribution in [2.45, 2.75) is 38.5 Å². The number of hydrogen-bond donors (Lipinski definition) is 0. The van der Waals surface area contributed by atoms with E-state index >= 15 is 0 Å². The van der Waals surface area contributed by atoms with Gasteiger partial charge in [-0.3, -0.25) is 0 Å². The minimum atomic E-state index is -3.79. The van der Waals surface area contributed by atoms with Crippen molar-refractivity contribution in [2.75, 3.05) is 0 Å². The summed E-state index contributed by atoms with van der Waals surface area (Å²) in [5.41, 5.74) is 2.70. The van der Waals surface area contributed by atoms with Crippen LogP contribution in [0.4, 0.5) is 0 Å². The van der Waals surface area contributed by atoms with E-state index in [9.17, 15) is 8.42 Å². The van der Waals surface area contributed by atoms with Gasteiger partial charge in [0, 0.05) is 0 Å². The van der Waals surface area contributed by atoms with Gasteiger partial charge < -0.3 is 4.18 Å². The van der Waals surface area contributed by atoms with Crippen LogP contribution >= 0.6 is 0 Å². The lowest BCUT2D eigenvalue weighted by atomic mass is 10.1. The molecule has 0 bridgehead atoms. The van der Waals surface area contributed by atoms with Gasteiger partial charge in [-0.05, 0) is 49.1 Å². The third kappa shape index (κ3) is 3.64. The molecule has 0 aliphatic carbocycles. The summed E-state index contributed by atoms with van der Waals surface area (Å²) in [6, 6.07) is 12.4. The van der Waals surface area contributed by atoms with Crippen LogP contribution in [0, 0.1) is 13.8 Å². The van der Waals surface area contributed by atoms with E-state index in [2.05, 4.69) is 6.92 Å². The average Bonchev–Trinajstić information content (AvgIpc) is 2.42. The first-order valence-corrected chi connectivity index (χ1v) is 8.44. The molecule has 0 aliphatic heterocycles. The van der Waals surface area contributed by atoms with Crippen molar-refractivity contribution < 1.29 is 12.6 Å². The molecule has 2 aromatic rings. The summed E-state index contributed by atoms with van der Waals surface area (Å²) in [5.74, 6) is 0.387. The number of hydrogen-bond acceptors (Lipinski definition) is 3. The van der Waals surface area contributed by atoms with Crippen LogP contribution < -0.4 is 4.18 Å². The van der Waals surface area contributed by atoms with Gasteiger partial charge in [0.2, 0.25) is 0 Å². The molecule has 2 rings (SSSR count). The SMILES string of the molecule is CCCc1ccc(OS(=O)(=O)c2ccccc2C)c(C)c1. The highest BCUT2D eigenvalue weighted by Gasteiger charge is 2.19. The minimum absolute atomic E-state index is 0.210. The van der Waals surface area contributed by atoms with Crippen molar-refractivity contribution in [3.63, 3.8) is 0 Å². The summed E-state index contributed by atoms with van der Waals surface area (Å²) in [4.78, 5) is 0.210. The molecule has 0 heterocycles. The molecular weight excluding hydrogens is 284 g/mol. The Kier molecular flexibility index (Phi) is 4.68. The van der Waals surface area contributed by atoms with Crippen LogP contribution in [-0.2, 0) is 16.5 Å². The van der Waals surface area contributed by atoms with E-state index in [0.717, 1.165) is 18.4 Å².